The molecule has 1 atom stereocenters. The van der Waals surface area contributed by atoms with Crippen molar-refractivity contribution in [2.75, 3.05) is 42.3 Å². The van der Waals surface area contributed by atoms with Gasteiger partial charge in [0.2, 0.25) is 0 Å². The standard InChI is InChI=1S/C25H27N5O3S/c1-18-15-23(25(31)29-13-11-28(12-14-29)21-7-9-26-10-8-21)30(27-18)22-16-19-5-3-4-6-20(19)17-24(22)34(2,32)33/h3-10,15-18,27H,11-14H2,1-2H3. The molecule has 176 valence electrons. The van der Waals surface area contributed by atoms with E-state index in [4.69, 9.17) is 0 Å². The number of hydrazine groups is 1. The van der Waals surface area contributed by atoms with E-state index in [-0.39, 0.29) is 16.8 Å². The van der Waals surface area contributed by atoms with Crippen molar-refractivity contribution in [1.82, 2.24) is 15.3 Å². The van der Waals surface area contributed by atoms with Crippen LogP contribution >= 0.6 is 0 Å². The number of benzene rings is 2. The normalized spacial score (nSPS) is 18.9. The maximum absolute atomic E-state index is 13.6. The number of hydrogen-bond donors (Lipinski definition) is 1. The van der Waals surface area contributed by atoms with Crippen molar-refractivity contribution in [3.05, 3.63) is 72.7 Å². The van der Waals surface area contributed by atoms with E-state index in [1.54, 1.807) is 23.5 Å². The summed E-state index contributed by atoms with van der Waals surface area (Å²) in [5, 5.41) is 3.39. The average molecular weight is 478 g/mol. The number of nitrogens with zero attached hydrogens (tertiary/aromatic N) is 4. The fourth-order valence-corrected chi connectivity index (χ4v) is 5.42. The van der Waals surface area contributed by atoms with Crippen LogP contribution < -0.4 is 15.3 Å². The van der Waals surface area contributed by atoms with E-state index in [1.165, 1.54) is 6.26 Å². The number of nitrogens with one attached hydrogen (secondary N) is 1. The Kier molecular flexibility index (Phi) is 5.75. The van der Waals surface area contributed by atoms with E-state index in [9.17, 15) is 13.2 Å². The molecule has 1 saturated heterocycles. The fraction of sp³-hybridized carbons (Fsp3) is 0.280. The number of carbonyl (C=O) groups is 1. The van der Waals surface area contributed by atoms with Gasteiger partial charge in [0.1, 0.15) is 5.70 Å². The van der Waals surface area contributed by atoms with Crippen LogP contribution in [0, 0.1) is 0 Å². The molecule has 3 heterocycles. The van der Waals surface area contributed by atoms with Gasteiger partial charge in [-0.15, -0.1) is 0 Å². The van der Waals surface area contributed by atoms with Crippen LogP contribution in [0.3, 0.4) is 0 Å². The van der Waals surface area contributed by atoms with Gasteiger partial charge in [0, 0.05) is 56.6 Å². The molecule has 9 heteroatoms. The van der Waals surface area contributed by atoms with Crippen LogP contribution in [0.15, 0.2) is 77.6 Å². The number of hydrogen-bond acceptors (Lipinski definition) is 7. The summed E-state index contributed by atoms with van der Waals surface area (Å²) < 4.78 is 25.4. The smallest absolute Gasteiger partial charge is 0.271 e. The second-order valence-electron chi connectivity index (χ2n) is 8.73. The molecule has 1 fully saturated rings. The Labute approximate surface area is 199 Å². The molecule has 2 aromatic carbocycles. The molecule has 1 N–H and O–H groups in total. The Morgan fingerprint density at radius 1 is 1.00 bits per heavy atom. The van der Waals surface area contributed by atoms with Crippen LogP contribution in [0.4, 0.5) is 11.4 Å². The summed E-state index contributed by atoms with van der Waals surface area (Å²) in [5.74, 6) is -0.112. The monoisotopic (exact) mass is 477 g/mol. The van der Waals surface area contributed by atoms with Gasteiger partial charge in [-0.3, -0.25) is 14.8 Å². The molecule has 1 amide bonds. The largest absolute Gasteiger partial charge is 0.368 e. The summed E-state index contributed by atoms with van der Waals surface area (Å²) in [6.07, 6.45) is 6.59. The maximum atomic E-state index is 13.6. The van der Waals surface area contributed by atoms with Gasteiger partial charge in [0.25, 0.3) is 5.91 Å². The number of carbonyl (C=O) groups excluding carboxylic acids is 1. The molecule has 8 nitrogen and oxygen atoms in total. The van der Waals surface area contributed by atoms with Crippen molar-refractivity contribution in [2.24, 2.45) is 0 Å². The Bertz CT molecular complexity index is 1370. The minimum Gasteiger partial charge on any atom is -0.368 e. The van der Waals surface area contributed by atoms with Crippen molar-refractivity contribution in [3.63, 3.8) is 0 Å². The first-order valence-corrected chi connectivity index (χ1v) is 13.2. The molecule has 5 rings (SSSR count). The number of piperazine rings is 1. The van der Waals surface area contributed by atoms with Crippen LogP contribution in [-0.4, -0.2) is 62.7 Å². The summed E-state index contributed by atoms with van der Waals surface area (Å²) >= 11 is 0. The highest BCUT2D eigenvalue weighted by atomic mass is 32.2. The molecule has 0 saturated carbocycles. The second-order valence-corrected chi connectivity index (χ2v) is 10.7. The highest BCUT2D eigenvalue weighted by Crippen LogP contribution is 2.34. The molecular weight excluding hydrogens is 450 g/mol. The minimum atomic E-state index is -3.54. The first-order chi connectivity index (χ1) is 16.3. The zero-order valence-corrected chi connectivity index (χ0v) is 20.0. The van der Waals surface area contributed by atoms with Crippen LogP contribution in [0.2, 0.25) is 0 Å². The lowest BCUT2D eigenvalue weighted by atomic mass is 10.1. The average Bonchev–Trinajstić information content (AvgIpc) is 3.24. The van der Waals surface area contributed by atoms with Gasteiger partial charge in [-0.1, -0.05) is 24.3 Å². The van der Waals surface area contributed by atoms with E-state index in [2.05, 4.69) is 15.3 Å². The summed E-state index contributed by atoms with van der Waals surface area (Å²) in [5.41, 5.74) is 5.26. The van der Waals surface area contributed by atoms with Crippen molar-refractivity contribution in [1.29, 1.82) is 0 Å². The van der Waals surface area contributed by atoms with E-state index in [1.807, 2.05) is 60.4 Å². The minimum absolute atomic E-state index is 0.112. The molecule has 0 aliphatic carbocycles. The summed E-state index contributed by atoms with van der Waals surface area (Å²) in [4.78, 5) is 21.9. The Hall–Kier alpha value is -3.43. The lowest BCUT2D eigenvalue weighted by Crippen LogP contribution is -2.51. The van der Waals surface area contributed by atoms with Crippen LogP contribution in [-0.2, 0) is 14.6 Å². The lowest BCUT2D eigenvalue weighted by molar-refractivity contribution is -0.127. The second kappa shape index (κ2) is 8.73. The molecule has 2 aliphatic rings. The number of fused-ring (bicyclic) bond motifs is 1. The first kappa shape index (κ1) is 22.4. The predicted octanol–water partition coefficient (Wildman–Crippen LogP) is 2.58. The Morgan fingerprint density at radius 3 is 2.29 bits per heavy atom. The van der Waals surface area contributed by atoms with E-state index in [0.717, 1.165) is 29.5 Å². The lowest BCUT2D eigenvalue weighted by Gasteiger charge is -2.37. The SMILES string of the molecule is CC1C=C(C(=O)N2CCN(c3ccncc3)CC2)N(c2cc3ccccc3cc2S(C)(=O)=O)N1. The fourth-order valence-electron chi connectivity index (χ4n) is 4.55. The first-order valence-electron chi connectivity index (χ1n) is 11.3. The molecule has 2 aliphatic heterocycles. The van der Waals surface area contributed by atoms with Crippen molar-refractivity contribution >= 4 is 37.9 Å². The molecular formula is C25H27N5O3S. The third-order valence-corrected chi connectivity index (χ3v) is 7.39. The van der Waals surface area contributed by atoms with Crippen molar-refractivity contribution in [3.8, 4) is 0 Å². The third-order valence-electron chi connectivity index (χ3n) is 6.26. The zero-order valence-electron chi connectivity index (χ0n) is 19.2. The van der Waals surface area contributed by atoms with Gasteiger partial charge < -0.3 is 9.80 Å². The van der Waals surface area contributed by atoms with Crippen molar-refractivity contribution < 1.29 is 13.2 Å². The number of sulfone groups is 1. The van der Waals surface area contributed by atoms with Crippen LogP contribution in [0.25, 0.3) is 10.8 Å². The van der Waals surface area contributed by atoms with E-state index in [0.29, 0.717) is 24.5 Å². The number of amides is 1. The van der Waals surface area contributed by atoms with Crippen molar-refractivity contribution in [2.45, 2.75) is 17.9 Å². The number of pyridine rings is 1. The van der Waals surface area contributed by atoms with Gasteiger partial charge in [-0.05, 0) is 48.0 Å². The summed E-state index contributed by atoms with van der Waals surface area (Å²) in [6, 6.07) is 15.0. The molecule has 34 heavy (non-hydrogen) atoms. The van der Waals surface area contributed by atoms with Gasteiger partial charge in [-0.2, -0.15) is 0 Å². The van der Waals surface area contributed by atoms with Gasteiger partial charge in [0.15, 0.2) is 9.84 Å². The zero-order chi connectivity index (χ0) is 23.9. The summed E-state index contributed by atoms with van der Waals surface area (Å²) in [7, 11) is -3.54. The van der Waals surface area contributed by atoms with Crippen LogP contribution in [0.1, 0.15) is 6.92 Å². The van der Waals surface area contributed by atoms with E-state index < -0.39 is 9.84 Å². The Morgan fingerprint density at radius 2 is 1.65 bits per heavy atom. The highest BCUT2D eigenvalue weighted by molar-refractivity contribution is 7.90. The molecule has 0 bridgehead atoms. The predicted molar refractivity (Wildman–Crippen MR) is 133 cm³/mol. The topological polar surface area (TPSA) is 85.9 Å². The molecule has 1 unspecified atom stereocenters. The van der Waals surface area contributed by atoms with Crippen LogP contribution in [0.5, 0.6) is 0 Å². The third kappa shape index (κ3) is 4.24. The quantitative estimate of drug-likeness (QED) is 0.618. The molecule has 3 aromatic rings. The van der Waals surface area contributed by atoms with E-state index >= 15 is 0 Å². The number of rotatable bonds is 4. The number of aromatic nitrogens is 1. The highest BCUT2D eigenvalue weighted by Gasteiger charge is 2.34. The molecule has 0 radical (unpaired) electrons. The summed E-state index contributed by atoms with van der Waals surface area (Å²) in [6.45, 7) is 4.54. The maximum Gasteiger partial charge on any atom is 0.271 e. The molecule has 0 spiro atoms. The van der Waals surface area contributed by atoms with Gasteiger partial charge >= 0.3 is 0 Å². The molecule has 1 aromatic heterocycles. The van der Waals surface area contributed by atoms with Gasteiger partial charge in [-0.25, -0.2) is 13.8 Å². The Balaban J connectivity index is 1.44. The number of anilines is 2. The van der Waals surface area contributed by atoms with Gasteiger partial charge in [0.05, 0.1) is 10.6 Å².